The summed E-state index contributed by atoms with van der Waals surface area (Å²) < 4.78 is 1.78. The molecule has 8 nitrogen and oxygen atoms in total. The van der Waals surface area contributed by atoms with E-state index in [0.717, 1.165) is 59.7 Å². The molecule has 1 saturated heterocycles. The molecule has 0 unspecified atom stereocenters. The molecule has 0 aliphatic carbocycles. The Morgan fingerprint density at radius 1 is 1.04 bits per heavy atom. The zero-order chi connectivity index (χ0) is 17.4. The van der Waals surface area contributed by atoms with E-state index < -0.39 is 0 Å². The van der Waals surface area contributed by atoms with Crippen molar-refractivity contribution in [2.24, 2.45) is 7.05 Å². The van der Waals surface area contributed by atoms with Gasteiger partial charge in [0.2, 0.25) is 0 Å². The lowest BCUT2D eigenvalue weighted by Gasteiger charge is -2.36. The monoisotopic (exact) mass is 356 g/mol. The van der Waals surface area contributed by atoms with Gasteiger partial charge in [0.1, 0.15) is 18.0 Å². The van der Waals surface area contributed by atoms with Crippen LogP contribution in [0.5, 0.6) is 0 Å². The van der Waals surface area contributed by atoms with Crippen molar-refractivity contribution >= 4 is 34.4 Å². The number of nitrogens with zero attached hydrogens (tertiary/aromatic N) is 8. The Morgan fingerprint density at radius 2 is 1.80 bits per heavy atom. The minimum atomic E-state index is 0.824. The fourth-order valence-electron chi connectivity index (χ4n) is 3.13. The van der Waals surface area contributed by atoms with Gasteiger partial charge in [-0.3, -0.25) is 4.68 Å². The third-order valence-corrected chi connectivity index (χ3v) is 4.96. The first-order valence-electron chi connectivity index (χ1n) is 8.18. The van der Waals surface area contributed by atoms with E-state index in [0.29, 0.717) is 0 Å². The number of rotatable bonds is 3. The van der Waals surface area contributed by atoms with Crippen molar-refractivity contribution in [3.05, 3.63) is 24.3 Å². The van der Waals surface area contributed by atoms with Crippen molar-refractivity contribution < 1.29 is 0 Å². The van der Waals surface area contributed by atoms with E-state index in [1.165, 1.54) is 0 Å². The third-order valence-electron chi connectivity index (χ3n) is 4.41. The summed E-state index contributed by atoms with van der Waals surface area (Å²) in [6, 6.07) is 2.05. The Morgan fingerprint density at radius 3 is 2.56 bits per heavy atom. The number of hydrogen-bond donors (Lipinski definition) is 0. The average molecular weight is 356 g/mol. The fraction of sp³-hybridized carbons (Fsp3) is 0.438. The first-order valence-corrected chi connectivity index (χ1v) is 9.40. The molecule has 1 fully saturated rings. The van der Waals surface area contributed by atoms with Crippen molar-refractivity contribution in [1.29, 1.82) is 0 Å². The summed E-state index contributed by atoms with van der Waals surface area (Å²) >= 11 is 1.58. The van der Waals surface area contributed by atoms with Gasteiger partial charge in [0.25, 0.3) is 0 Å². The largest absolute Gasteiger partial charge is 0.353 e. The van der Waals surface area contributed by atoms with E-state index in [-0.39, 0.29) is 0 Å². The molecule has 0 radical (unpaired) electrons. The molecule has 0 aromatic carbocycles. The van der Waals surface area contributed by atoms with Gasteiger partial charge in [-0.2, -0.15) is 5.10 Å². The van der Waals surface area contributed by atoms with E-state index in [4.69, 9.17) is 0 Å². The second-order valence-electron chi connectivity index (χ2n) is 6.03. The summed E-state index contributed by atoms with van der Waals surface area (Å²) in [5.74, 6) is 1.96. The molecule has 0 N–H and O–H groups in total. The number of aryl methyl sites for hydroxylation is 2. The lowest BCUT2D eigenvalue weighted by atomic mass is 10.2. The smallest absolute Gasteiger partial charge is 0.189 e. The lowest BCUT2D eigenvalue weighted by Crippen LogP contribution is -2.47. The van der Waals surface area contributed by atoms with Crippen LogP contribution in [0.15, 0.2) is 23.7 Å². The second-order valence-corrected chi connectivity index (χ2v) is 6.80. The summed E-state index contributed by atoms with van der Waals surface area (Å²) in [6.45, 7) is 5.59. The molecule has 25 heavy (non-hydrogen) atoms. The zero-order valence-electron chi connectivity index (χ0n) is 14.5. The standard InChI is InChI=1S/C16H20N8S/c1-11-8-13(21-16(20-11)25-3)23-4-6-24(7-5-23)15-12-9-19-22(2)14(12)17-10-18-15/h8-10H,4-7H2,1-3H3. The van der Waals surface area contributed by atoms with Crippen molar-refractivity contribution in [1.82, 2.24) is 29.7 Å². The molecule has 130 valence electrons. The normalized spacial score (nSPS) is 15.2. The maximum Gasteiger partial charge on any atom is 0.189 e. The van der Waals surface area contributed by atoms with E-state index in [2.05, 4.69) is 40.9 Å². The van der Waals surface area contributed by atoms with Crippen molar-refractivity contribution in [2.75, 3.05) is 42.2 Å². The van der Waals surface area contributed by atoms with Gasteiger partial charge in [-0.1, -0.05) is 11.8 Å². The predicted molar refractivity (Wildman–Crippen MR) is 99.3 cm³/mol. The van der Waals surface area contributed by atoms with Crippen LogP contribution in [0, 0.1) is 6.92 Å². The number of thioether (sulfide) groups is 1. The molecule has 1 aliphatic rings. The predicted octanol–water partition coefficient (Wildman–Crippen LogP) is 1.51. The number of anilines is 2. The number of hydrogen-bond acceptors (Lipinski definition) is 8. The molecule has 0 spiro atoms. The molecule has 3 aromatic rings. The van der Waals surface area contributed by atoms with E-state index in [1.54, 1.807) is 22.8 Å². The van der Waals surface area contributed by atoms with Crippen molar-refractivity contribution in [2.45, 2.75) is 12.1 Å². The van der Waals surface area contributed by atoms with Gasteiger partial charge in [-0.15, -0.1) is 0 Å². The molecule has 0 amide bonds. The second kappa shape index (κ2) is 6.47. The highest BCUT2D eigenvalue weighted by Gasteiger charge is 2.22. The van der Waals surface area contributed by atoms with Gasteiger partial charge < -0.3 is 9.80 Å². The Balaban J connectivity index is 1.54. The molecule has 4 rings (SSSR count). The highest BCUT2D eigenvalue weighted by molar-refractivity contribution is 7.98. The van der Waals surface area contributed by atoms with Gasteiger partial charge in [0, 0.05) is 45.0 Å². The minimum Gasteiger partial charge on any atom is -0.353 e. The van der Waals surface area contributed by atoms with E-state index >= 15 is 0 Å². The van der Waals surface area contributed by atoms with Crippen LogP contribution in [0.3, 0.4) is 0 Å². The maximum atomic E-state index is 4.65. The van der Waals surface area contributed by atoms with Crippen molar-refractivity contribution in [3.63, 3.8) is 0 Å². The Labute approximate surface area is 150 Å². The fourth-order valence-corrected chi connectivity index (χ4v) is 3.55. The van der Waals surface area contributed by atoms with Gasteiger partial charge in [-0.05, 0) is 13.2 Å². The van der Waals surface area contributed by atoms with Crippen LogP contribution in [0.4, 0.5) is 11.6 Å². The van der Waals surface area contributed by atoms with Crippen LogP contribution in [-0.4, -0.2) is 62.2 Å². The number of fused-ring (bicyclic) bond motifs is 1. The maximum absolute atomic E-state index is 4.65. The molecule has 0 atom stereocenters. The van der Waals surface area contributed by atoms with Crippen LogP contribution in [-0.2, 0) is 7.05 Å². The third kappa shape index (κ3) is 2.99. The van der Waals surface area contributed by atoms with E-state index in [9.17, 15) is 0 Å². The summed E-state index contributed by atoms with van der Waals surface area (Å²) in [4.78, 5) is 22.5. The van der Waals surface area contributed by atoms with Crippen LogP contribution in [0.25, 0.3) is 11.0 Å². The van der Waals surface area contributed by atoms with E-state index in [1.807, 2.05) is 26.4 Å². The Kier molecular flexibility index (Phi) is 4.16. The quantitative estimate of drug-likeness (QED) is 0.516. The van der Waals surface area contributed by atoms with Crippen molar-refractivity contribution in [3.8, 4) is 0 Å². The summed E-state index contributed by atoms with van der Waals surface area (Å²) in [7, 11) is 1.90. The zero-order valence-corrected chi connectivity index (χ0v) is 15.4. The van der Waals surface area contributed by atoms with Crippen LogP contribution >= 0.6 is 11.8 Å². The number of piperazine rings is 1. The molecule has 0 saturated carbocycles. The molecule has 4 heterocycles. The molecular formula is C16H20N8S. The summed E-state index contributed by atoms with van der Waals surface area (Å²) in [6.07, 6.45) is 5.46. The molecule has 3 aromatic heterocycles. The molecule has 0 bridgehead atoms. The van der Waals surface area contributed by atoms with Gasteiger partial charge >= 0.3 is 0 Å². The highest BCUT2D eigenvalue weighted by Crippen LogP contribution is 2.25. The lowest BCUT2D eigenvalue weighted by molar-refractivity contribution is 0.638. The molecule has 1 aliphatic heterocycles. The minimum absolute atomic E-state index is 0.824. The van der Waals surface area contributed by atoms with Gasteiger partial charge in [-0.25, -0.2) is 19.9 Å². The topological polar surface area (TPSA) is 75.9 Å². The highest BCUT2D eigenvalue weighted by atomic mass is 32.2. The summed E-state index contributed by atoms with van der Waals surface area (Å²) in [5, 5.41) is 6.13. The first kappa shape index (κ1) is 16.1. The van der Waals surface area contributed by atoms with Crippen LogP contribution < -0.4 is 9.80 Å². The van der Waals surface area contributed by atoms with Gasteiger partial charge in [0.15, 0.2) is 10.8 Å². The van der Waals surface area contributed by atoms with Gasteiger partial charge in [0.05, 0.1) is 11.6 Å². The SMILES string of the molecule is CSc1nc(C)cc(N2CCN(c3ncnc4c3cnn4C)CC2)n1. The molecular weight excluding hydrogens is 336 g/mol. The molecule has 9 heteroatoms. The Bertz CT molecular complexity index is 900. The first-order chi connectivity index (χ1) is 12.2. The van der Waals surface area contributed by atoms with Crippen LogP contribution in [0.1, 0.15) is 5.69 Å². The number of aromatic nitrogens is 6. The Hall–Kier alpha value is -2.42. The average Bonchev–Trinajstić information content (AvgIpc) is 3.02. The van der Waals surface area contributed by atoms with Crippen LogP contribution in [0.2, 0.25) is 0 Å². The summed E-state index contributed by atoms with van der Waals surface area (Å²) in [5.41, 5.74) is 1.87.